The lowest BCUT2D eigenvalue weighted by Crippen LogP contribution is -2.16. The fourth-order valence-corrected chi connectivity index (χ4v) is 5.46. The number of para-hydroxylation sites is 1. The lowest BCUT2D eigenvalue weighted by molar-refractivity contribution is -0.384. The molecule has 0 radical (unpaired) electrons. The number of ether oxygens (including phenoxy) is 1. The lowest BCUT2D eigenvalue weighted by Gasteiger charge is -2.22. The van der Waals surface area contributed by atoms with E-state index in [-0.39, 0.29) is 12.3 Å². The Hall–Kier alpha value is -5.11. The van der Waals surface area contributed by atoms with Gasteiger partial charge in [0.25, 0.3) is 5.69 Å². The van der Waals surface area contributed by atoms with Gasteiger partial charge in [-0.25, -0.2) is 14.6 Å². The first-order valence-corrected chi connectivity index (χ1v) is 13.4. The van der Waals surface area contributed by atoms with Gasteiger partial charge in [-0.3, -0.25) is 10.1 Å². The molecule has 0 spiro atoms. The Morgan fingerprint density at radius 1 is 1.02 bits per heavy atom. The van der Waals surface area contributed by atoms with Crippen molar-refractivity contribution in [1.82, 2.24) is 4.98 Å². The molecule has 5 aromatic rings. The minimum atomic E-state index is -0.505. The van der Waals surface area contributed by atoms with E-state index in [1.807, 2.05) is 62.4 Å². The largest absolute Gasteiger partial charge is 0.457 e. The van der Waals surface area contributed by atoms with Crippen LogP contribution in [0.1, 0.15) is 56.7 Å². The van der Waals surface area contributed by atoms with Crippen LogP contribution in [0, 0.1) is 24.0 Å². The molecule has 6 rings (SSSR count). The number of benzene rings is 3. The Kier molecular flexibility index (Phi) is 6.67. The van der Waals surface area contributed by atoms with Crippen molar-refractivity contribution in [1.29, 1.82) is 0 Å². The number of rotatable bonds is 5. The fourth-order valence-electron chi connectivity index (χ4n) is 5.46. The quantitative estimate of drug-likeness (QED) is 0.1000. The normalized spacial score (nSPS) is 13.9. The van der Waals surface area contributed by atoms with Gasteiger partial charge < -0.3 is 9.15 Å². The van der Waals surface area contributed by atoms with Gasteiger partial charge in [-0.05, 0) is 85.2 Å². The summed E-state index contributed by atoms with van der Waals surface area (Å²) in [5.41, 5.74) is 6.77. The summed E-state index contributed by atoms with van der Waals surface area (Å²) in [7, 11) is 0. The molecule has 3 aromatic carbocycles. The highest BCUT2D eigenvalue weighted by atomic mass is 16.6. The molecular formula is C33H26N2O6. The molecule has 8 nitrogen and oxygen atoms in total. The first-order chi connectivity index (χ1) is 19.8. The second-order valence-electron chi connectivity index (χ2n) is 10.3. The van der Waals surface area contributed by atoms with Crippen molar-refractivity contribution in [3.8, 4) is 0 Å². The molecular weight excluding hydrogens is 520 g/mol. The predicted octanol–water partition coefficient (Wildman–Crippen LogP) is 7.10. The van der Waals surface area contributed by atoms with Crippen molar-refractivity contribution < 1.29 is 18.9 Å². The van der Waals surface area contributed by atoms with Crippen LogP contribution in [0.15, 0.2) is 75.9 Å². The number of aromatic nitrogens is 1. The van der Waals surface area contributed by atoms with Crippen LogP contribution in [0.5, 0.6) is 0 Å². The molecule has 204 valence electrons. The summed E-state index contributed by atoms with van der Waals surface area (Å²) in [6.45, 7) is 3.83. The molecule has 0 amide bonds. The third-order valence-corrected chi connectivity index (χ3v) is 7.60. The molecule has 0 fully saturated rings. The summed E-state index contributed by atoms with van der Waals surface area (Å²) in [5, 5.41) is 12.7. The molecule has 0 atom stereocenters. The molecule has 41 heavy (non-hydrogen) atoms. The summed E-state index contributed by atoms with van der Waals surface area (Å²) in [6.07, 6.45) is 4.05. The molecule has 0 aliphatic heterocycles. The molecule has 0 unspecified atom stereocenters. The van der Waals surface area contributed by atoms with E-state index in [1.54, 1.807) is 6.07 Å². The number of nitro groups is 1. The number of pyridine rings is 1. The topological polar surface area (TPSA) is 113 Å². The highest BCUT2D eigenvalue weighted by molar-refractivity contribution is 6.06. The Morgan fingerprint density at radius 3 is 2.66 bits per heavy atom. The van der Waals surface area contributed by atoms with E-state index in [0.29, 0.717) is 45.3 Å². The number of hydrogen-bond acceptors (Lipinski definition) is 7. The predicted molar refractivity (Wildman–Crippen MR) is 157 cm³/mol. The maximum Gasteiger partial charge on any atom is 0.339 e. The zero-order valence-electron chi connectivity index (χ0n) is 22.6. The fraction of sp³-hybridized carbons (Fsp3) is 0.182. The number of nitro benzene ring substituents is 1. The first-order valence-electron chi connectivity index (χ1n) is 13.4. The second kappa shape index (κ2) is 10.5. The number of nitrogens with zero attached hydrogens (tertiary/aromatic N) is 2. The van der Waals surface area contributed by atoms with Crippen LogP contribution in [0.2, 0.25) is 0 Å². The smallest absolute Gasteiger partial charge is 0.339 e. The van der Waals surface area contributed by atoms with Crippen LogP contribution in [-0.2, 0) is 17.8 Å². The van der Waals surface area contributed by atoms with Gasteiger partial charge in [-0.1, -0.05) is 30.3 Å². The number of aryl methyl sites for hydroxylation is 2. The van der Waals surface area contributed by atoms with Crippen LogP contribution in [0.3, 0.4) is 0 Å². The van der Waals surface area contributed by atoms with Gasteiger partial charge >= 0.3 is 11.6 Å². The SMILES string of the molecule is Cc1cc2oc(=O)cc(COC(=O)c3c4c(nc5ccccc35)/C(=C\c3cccc([N+](=O)[O-])c3)CCC4)c2cc1C. The molecule has 0 saturated heterocycles. The Balaban J connectivity index is 1.42. The van der Waals surface area contributed by atoms with E-state index in [4.69, 9.17) is 14.1 Å². The van der Waals surface area contributed by atoms with E-state index >= 15 is 0 Å². The summed E-state index contributed by atoms with van der Waals surface area (Å²) in [6, 6.07) is 19.0. The van der Waals surface area contributed by atoms with Gasteiger partial charge in [0.15, 0.2) is 0 Å². The van der Waals surface area contributed by atoms with E-state index in [0.717, 1.165) is 40.5 Å². The van der Waals surface area contributed by atoms with Crippen LogP contribution in [0.25, 0.3) is 33.5 Å². The minimum Gasteiger partial charge on any atom is -0.457 e. The van der Waals surface area contributed by atoms with Gasteiger partial charge in [0.05, 0.1) is 21.7 Å². The Labute approximate surface area is 235 Å². The summed E-state index contributed by atoms with van der Waals surface area (Å²) in [4.78, 5) is 41.8. The first kappa shape index (κ1) is 26.1. The van der Waals surface area contributed by atoms with E-state index in [9.17, 15) is 19.7 Å². The zero-order chi connectivity index (χ0) is 28.7. The van der Waals surface area contributed by atoms with Crippen molar-refractivity contribution in [2.75, 3.05) is 0 Å². The van der Waals surface area contributed by atoms with Gasteiger partial charge in [0.2, 0.25) is 0 Å². The van der Waals surface area contributed by atoms with Crippen LogP contribution < -0.4 is 5.63 Å². The van der Waals surface area contributed by atoms with Crippen LogP contribution in [-0.4, -0.2) is 15.9 Å². The monoisotopic (exact) mass is 546 g/mol. The van der Waals surface area contributed by atoms with Gasteiger partial charge in [-0.15, -0.1) is 0 Å². The Bertz CT molecular complexity index is 1970. The van der Waals surface area contributed by atoms with Gasteiger partial charge in [-0.2, -0.15) is 0 Å². The minimum absolute atomic E-state index is 0.0129. The van der Waals surface area contributed by atoms with Crippen molar-refractivity contribution in [3.63, 3.8) is 0 Å². The highest BCUT2D eigenvalue weighted by Crippen LogP contribution is 2.37. The number of hydrogen-bond donors (Lipinski definition) is 0. The van der Waals surface area contributed by atoms with Crippen LogP contribution >= 0.6 is 0 Å². The lowest BCUT2D eigenvalue weighted by atomic mass is 9.86. The standard InChI is InChI=1S/C33H26N2O6/c1-19-13-27-23(17-30(36)41-29(27)14-20(19)2)18-40-33(37)31-25-10-3-4-12-28(25)34-32-22(8-6-11-26(31)32)15-21-7-5-9-24(16-21)35(38)39/h3-5,7,9-10,12-17H,6,8,11,18H2,1-2H3/b22-15-. The van der Waals surface area contributed by atoms with E-state index in [1.165, 1.54) is 18.2 Å². The van der Waals surface area contributed by atoms with E-state index in [2.05, 4.69) is 0 Å². The number of carbonyl (C=O) groups excluding carboxylic acids is 1. The number of non-ortho nitro benzene ring substituents is 1. The molecule has 1 aliphatic carbocycles. The second-order valence-corrected chi connectivity index (χ2v) is 10.3. The summed E-state index contributed by atoms with van der Waals surface area (Å²) in [5.74, 6) is -0.498. The van der Waals surface area contributed by atoms with Crippen molar-refractivity contribution in [2.24, 2.45) is 0 Å². The van der Waals surface area contributed by atoms with E-state index < -0.39 is 16.5 Å². The number of carbonyl (C=O) groups is 1. The molecule has 1 aliphatic rings. The average Bonchev–Trinajstić information content (AvgIpc) is 2.96. The zero-order valence-corrected chi connectivity index (χ0v) is 22.6. The number of allylic oxidation sites excluding steroid dienone is 1. The third kappa shape index (κ3) is 5.00. The van der Waals surface area contributed by atoms with Gasteiger partial charge in [0, 0.05) is 34.5 Å². The summed E-state index contributed by atoms with van der Waals surface area (Å²) >= 11 is 0. The maximum atomic E-state index is 13.8. The Morgan fingerprint density at radius 2 is 1.83 bits per heavy atom. The molecule has 0 bridgehead atoms. The van der Waals surface area contributed by atoms with Gasteiger partial charge in [0.1, 0.15) is 12.2 Å². The molecule has 8 heteroatoms. The number of esters is 1. The third-order valence-electron chi connectivity index (χ3n) is 7.60. The van der Waals surface area contributed by atoms with Crippen molar-refractivity contribution in [3.05, 3.63) is 126 Å². The van der Waals surface area contributed by atoms with Crippen molar-refractivity contribution in [2.45, 2.75) is 39.7 Å². The summed E-state index contributed by atoms with van der Waals surface area (Å²) < 4.78 is 11.3. The molecule has 0 N–H and O–H groups in total. The van der Waals surface area contributed by atoms with Crippen LogP contribution in [0.4, 0.5) is 5.69 Å². The molecule has 0 saturated carbocycles. The maximum absolute atomic E-state index is 13.8. The highest BCUT2D eigenvalue weighted by Gasteiger charge is 2.26. The molecule has 2 aromatic heterocycles. The average molecular weight is 547 g/mol. The van der Waals surface area contributed by atoms with Crippen molar-refractivity contribution >= 4 is 45.2 Å². The number of fused-ring (bicyclic) bond motifs is 3. The molecule has 2 heterocycles.